The molecule has 0 radical (unpaired) electrons. The first-order chi connectivity index (χ1) is 14.1. The normalized spacial score (nSPS) is 13.1. The van der Waals surface area contributed by atoms with Gasteiger partial charge in [-0.1, -0.05) is 24.3 Å². The minimum atomic E-state index is -0.299. The Morgan fingerprint density at radius 3 is 2.14 bits per heavy atom. The van der Waals surface area contributed by atoms with Crippen molar-refractivity contribution in [3.63, 3.8) is 0 Å². The van der Waals surface area contributed by atoms with E-state index in [0.717, 1.165) is 16.0 Å². The third-order valence-corrected chi connectivity index (χ3v) is 5.76. The van der Waals surface area contributed by atoms with E-state index in [4.69, 9.17) is 0 Å². The minimum absolute atomic E-state index is 0.138. The highest BCUT2D eigenvalue weighted by molar-refractivity contribution is 7.98. The fourth-order valence-corrected chi connectivity index (χ4v) is 3.99. The third-order valence-electron chi connectivity index (χ3n) is 5.02. The standard InChI is InChI=1S/C23H20N2O3S/c1-29-17-12-10-16(11-13-17)24-20(26)9-4-14-25-22(27)18-7-2-5-15-6-3-8-19(21(15)18)23(25)28/h2-3,5-8,10-13H,4,9,14H2,1H3,(H,24,26). The highest BCUT2D eigenvalue weighted by Gasteiger charge is 2.32. The molecular formula is C23H20N2O3S. The Labute approximate surface area is 173 Å². The number of carbonyl (C=O) groups is 3. The highest BCUT2D eigenvalue weighted by atomic mass is 32.2. The Bertz CT molecular complexity index is 1060. The van der Waals surface area contributed by atoms with E-state index in [0.29, 0.717) is 22.9 Å². The molecule has 6 heteroatoms. The second-order valence-corrected chi connectivity index (χ2v) is 7.73. The number of hydrogen-bond acceptors (Lipinski definition) is 4. The van der Waals surface area contributed by atoms with Gasteiger partial charge >= 0.3 is 0 Å². The average molecular weight is 404 g/mol. The van der Waals surface area contributed by atoms with Crippen LogP contribution in [0.25, 0.3) is 10.8 Å². The molecule has 0 aromatic heterocycles. The second kappa shape index (κ2) is 8.09. The zero-order chi connectivity index (χ0) is 20.4. The molecule has 0 fully saturated rings. The lowest BCUT2D eigenvalue weighted by atomic mass is 9.94. The molecule has 0 spiro atoms. The van der Waals surface area contributed by atoms with Crippen molar-refractivity contribution in [3.8, 4) is 0 Å². The first-order valence-corrected chi connectivity index (χ1v) is 10.6. The van der Waals surface area contributed by atoms with Crippen LogP contribution in [-0.2, 0) is 4.79 Å². The number of benzene rings is 3. The summed E-state index contributed by atoms with van der Waals surface area (Å²) in [5.74, 6) is -0.735. The fraction of sp³-hybridized carbons (Fsp3) is 0.174. The van der Waals surface area contributed by atoms with Crippen LogP contribution >= 0.6 is 11.8 Å². The molecule has 0 bridgehead atoms. The molecule has 1 N–H and O–H groups in total. The van der Waals surface area contributed by atoms with Crippen LogP contribution in [-0.4, -0.2) is 35.4 Å². The van der Waals surface area contributed by atoms with Crippen molar-refractivity contribution in [1.29, 1.82) is 0 Å². The Morgan fingerprint density at radius 2 is 1.55 bits per heavy atom. The maximum absolute atomic E-state index is 12.8. The number of anilines is 1. The van der Waals surface area contributed by atoms with Crippen molar-refractivity contribution in [1.82, 2.24) is 4.90 Å². The Kier molecular flexibility index (Phi) is 5.36. The molecule has 1 heterocycles. The highest BCUT2D eigenvalue weighted by Crippen LogP contribution is 2.30. The Hall–Kier alpha value is -3.12. The van der Waals surface area contributed by atoms with Crippen LogP contribution in [0, 0.1) is 0 Å². The predicted octanol–water partition coefficient (Wildman–Crippen LogP) is 4.58. The Balaban J connectivity index is 1.40. The van der Waals surface area contributed by atoms with E-state index in [1.807, 2.05) is 54.8 Å². The van der Waals surface area contributed by atoms with E-state index in [-0.39, 0.29) is 30.7 Å². The van der Waals surface area contributed by atoms with Crippen molar-refractivity contribution < 1.29 is 14.4 Å². The minimum Gasteiger partial charge on any atom is -0.326 e. The van der Waals surface area contributed by atoms with E-state index >= 15 is 0 Å². The van der Waals surface area contributed by atoms with Crippen LogP contribution in [0.15, 0.2) is 65.6 Å². The summed E-state index contributed by atoms with van der Waals surface area (Å²) >= 11 is 1.64. The lowest BCUT2D eigenvalue weighted by Crippen LogP contribution is -2.41. The van der Waals surface area contributed by atoms with E-state index < -0.39 is 0 Å². The summed E-state index contributed by atoms with van der Waals surface area (Å²) in [6.45, 7) is 0.210. The lowest BCUT2D eigenvalue weighted by Gasteiger charge is -2.27. The summed E-state index contributed by atoms with van der Waals surface area (Å²) < 4.78 is 0. The van der Waals surface area contributed by atoms with Gasteiger partial charge in [0.15, 0.2) is 0 Å². The summed E-state index contributed by atoms with van der Waals surface area (Å²) in [6, 6.07) is 18.6. The number of imide groups is 1. The number of carbonyl (C=O) groups excluding carboxylic acids is 3. The van der Waals surface area contributed by atoms with Crippen molar-refractivity contribution in [2.75, 3.05) is 18.1 Å². The smallest absolute Gasteiger partial charge is 0.261 e. The molecule has 0 saturated carbocycles. The van der Waals surface area contributed by atoms with E-state index in [9.17, 15) is 14.4 Å². The maximum atomic E-state index is 12.8. The van der Waals surface area contributed by atoms with Gasteiger partial charge in [0, 0.05) is 40.1 Å². The molecule has 3 aromatic rings. The number of rotatable bonds is 6. The molecule has 3 aromatic carbocycles. The monoisotopic (exact) mass is 404 g/mol. The zero-order valence-corrected chi connectivity index (χ0v) is 16.8. The third kappa shape index (κ3) is 3.76. The van der Waals surface area contributed by atoms with Gasteiger partial charge in [0.1, 0.15) is 0 Å². The zero-order valence-electron chi connectivity index (χ0n) is 16.0. The van der Waals surface area contributed by atoms with Gasteiger partial charge < -0.3 is 5.32 Å². The number of nitrogens with one attached hydrogen (secondary N) is 1. The first-order valence-electron chi connectivity index (χ1n) is 9.40. The number of hydrogen-bond donors (Lipinski definition) is 1. The van der Waals surface area contributed by atoms with Crippen LogP contribution in [0.1, 0.15) is 33.6 Å². The molecule has 0 unspecified atom stereocenters. The van der Waals surface area contributed by atoms with Crippen molar-refractivity contribution in [2.24, 2.45) is 0 Å². The Morgan fingerprint density at radius 1 is 0.931 bits per heavy atom. The number of amides is 3. The molecule has 1 aliphatic rings. The predicted molar refractivity (Wildman–Crippen MR) is 115 cm³/mol. The molecule has 0 saturated heterocycles. The summed E-state index contributed by atoms with van der Waals surface area (Å²) in [4.78, 5) is 40.3. The molecule has 4 rings (SSSR count). The van der Waals surface area contributed by atoms with Gasteiger partial charge in [0.05, 0.1) is 0 Å². The van der Waals surface area contributed by atoms with Crippen LogP contribution in [0.4, 0.5) is 5.69 Å². The molecule has 1 aliphatic heterocycles. The van der Waals surface area contributed by atoms with Gasteiger partial charge in [0.2, 0.25) is 5.91 Å². The molecule has 3 amide bonds. The second-order valence-electron chi connectivity index (χ2n) is 6.85. The number of thioether (sulfide) groups is 1. The van der Waals surface area contributed by atoms with Crippen molar-refractivity contribution in [2.45, 2.75) is 17.7 Å². The SMILES string of the molecule is CSc1ccc(NC(=O)CCCN2C(=O)c3cccc4cccc(c34)C2=O)cc1. The molecule has 29 heavy (non-hydrogen) atoms. The molecule has 0 aliphatic carbocycles. The van der Waals surface area contributed by atoms with Gasteiger partial charge in [0.25, 0.3) is 11.8 Å². The first kappa shape index (κ1) is 19.2. The van der Waals surface area contributed by atoms with E-state index in [2.05, 4.69) is 5.32 Å². The van der Waals surface area contributed by atoms with Gasteiger partial charge in [-0.25, -0.2) is 0 Å². The van der Waals surface area contributed by atoms with Crippen LogP contribution < -0.4 is 5.32 Å². The fourth-order valence-electron chi connectivity index (χ4n) is 3.58. The lowest BCUT2D eigenvalue weighted by molar-refractivity contribution is -0.116. The van der Waals surface area contributed by atoms with Crippen LogP contribution in [0.2, 0.25) is 0 Å². The maximum Gasteiger partial charge on any atom is 0.261 e. The molecular weight excluding hydrogens is 384 g/mol. The van der Waals surface area contributed by atoms with Gasteiger partial charge in [-0.2, -0.15) is 0 Å². The summed E-state index contributed by atoms with van der Waals surface area (Å²) in [6.07, 6.45) is 2.63. The largest absolute Gasteiger partial charge is 0.326 e. The molecule has 146 valence electrons. The van der Waals surface area contributed by atoms with E-state index in [1.165, 1.54) is 4.90 Å². The summed E-state index contributed by atoms with van der Waals surface area (Å²) in [5.41, 5.74) is 1.81. The van der Waals surface area contributed by atoms with Gasteiger partial charge in [-0.3, -0.25) is 19.3 Å². The molecule has 0 atom stereocenters. The van der Waals surface area contributed by atoms with Gasteiger partial charge in [-0.05, 0) is 54.5 Å². The number of nitrogens with zero attached hydrogens (tertiary/aromatic N) is 1. The summed E-state index contributed by atoms with van der Waals surface area (Å²) in [5, 5.41) is 4.45. The van der Waals surface area contributed by atoms with E-state index in [1.54, 1.807) is 23.9 Å². The quantitative estimate of drug-likeness (QED) is 0.483. The van der Waals surface area contributed by atoms with Crippen LogP contribution in [0.3, 0.4) is 0 Å². The van der Waals surface area contributed by atoms with Crippen molar-refractivity contribution >= 4 is 45.9 Å². The van der Waals surface area contributed by atoms with Crippen LogP contribution in [0.5, 0.6) is 0 Å². The topological polar surface area (TPSA) is 66.5 Å². The van der Waals surface area contributed by atoms with Gasteiger partial charge in [-0.15, -0.1) is 11.8 Å². The van der Waals surface area contributed by atoms with Crippen molar-refractivity contribution in [3.05, 3.63) is 71.8 Å². The molecule has 5 nitrogen and oxygen atoms in total. The summed E-state index contributed by atoms with van der Waals surface area (Å²) in [7, 11) is 0. The average Bonchev–Trinajstić information content (AvgIpc) is 2.74.